The fourth-order valence-corrected chi connectivity index (χ4v) is 3.06. The van der Waals surface area contributed by atoms with Gasteiger partial charge >= 0.3 is 0 Å². The third kappa shape index (κ3) is 4.76. The molecule has 0 aromatic rings. The Hall–Kier alpha value is -0.0300. The minimum atomic E-state index is -0.331. The molecular weight excluding hydrogens is 297 g/mol. The van der Waals surface area contributed by atoms with Gasteiger partial charge in [-0.25, -0.2) is 0 Å². The highest BCUT2D eigenvalue weighted by atomic mass is 35.5. The van der Waals surface area contributed by atoms with Gasteiger partial charge in [-0.3, -0.25) is 9.69 Å². The summed E-state index contributed by atoms with van der Waals surface area (Å²) in [6.07, 6.45) is 4.99. The van der Waals surface area contributed by atoms with Crippen LogP contribution in [0.5, 0.6) is 0 Å². The van der Waals surface area contributed by atoms with E-state index in [2.05, 4.69) is 4.90 Å². The lowest BCUT2D eigenvalue weighted by molar-refractivity contribution is -0.135. The summed E-state index contributed by atoms with van der Waals surface area (Å²) in [5, 5.41) is 0. The highest BCUT2D eigenvalue weighted by Gasteiger charge is 2.31. The highest BCUT2D eigenvalue weighted by Crippen LogP contribution is 2.21. The van der Waals surface area contributed by atoms with Crippen molar-refractivity contribution in [2.75, 3.05) is 26.2 Å². The molecule has 2 aliphatic heterocycles. The third-order valence-corrected chi connectivity index (χ3v) is 4.37. The zero-order valence-corrected chi connectivity index (χ0v) is 14.2. The summed E-state index contributed by atoms with van der Waals surface area (Å²) >= 11 is 0. The van der Waals surface area contributed by atoms with Gasteiger partial charge in [-0.05, 0) is 44.7 Å². The summed E-state index contributed by atoms with van der Waals surface area (Å²) in [5.74, 6) is 0.374. The molecule has 0 bridgehead atoms. The Bertz CT molecular complexity index is 296. The van der Waals surface area contributed by atoms with Crippen molar-refractivity contribution < 1.29 is 4.79 Å². The van der Waals surface area contributed by atoms with Crippen molar-refractivity contribution in [2.45, 2.75) is 51.6 Å². The predicted molar refractivity (Wildman–Crippen MR) is 87.7 cm³/mol. The van der Waals surface area contributed by atoms with E-state index in [0.717, 1.165) is 19.5 Å². The molecule has 2 heterocycles. The molecule has 2 saturated heterocycles. The molecule has 2 atom stereocenters. The maximum absolute atomic E-state index is 12.3. The molecule has 20 heavy (non-hydrogen) atoms. The Morgan fingerprint density at radius 1 is 1.10 bits per heavy atom. The first-order valence-electron chi connectivity index (χ1n) is 7.38. The van der Waals surface area contributed by atoms with E-state index in [1.165, 1.54) is 32.4 Å². The number of hydrogen-bond acceptors (Lipinski definition) is 3. The average molecular weight is 326 g/mol. The van der Waals surface area contributed by atoms with Crippen molar-refractivity contribution in [1.82, 2.24) is 9.80 Å². The molecule has 0 spiro atoms. The summed E-state index contributed by atoms with van der Waals surface area (Å²) in [5.41, 5.74) is 5.98. The molecule has 1 unspecified atom stereocenters. The number of piperidine rings is 1. The van der Waals surface area contributed by atoms with Crippen LogP contribution in [0.4, 0.5) is 0 Å². The third-order valence-electron chi connectivity index (χ3n) is 4.37. The fraction of sp³-hybridized carbons (Fsp3) is 0.929. The second-order valence-electron chi connectivity index (χ2n) is 6.09. The van der Waals surface area contributed by atoms with Crippen molar-refractivity contribution in [3.63, 3.8) is 0 Å². The molecule has 2 fully saturated rings. The standard InChI is InChI=1S/C14H27N3O.2ClH/c1-11(2)13(15)14(18)17-9-5-6-12(10-17)16-7-3-4-8-16;;/h11-13H,3-10,15H2,1-2H3;2*1H/t12?,13-;;/m0../s1. The first-order chi connectivity index (χ1) is 8.59. The van der Waals surface area contributed by atoms with Crippen LogP contribution in [0.25, 0.3) is 0 Å². The number of amides is 1. The van der Waals surface area contributed by atoms with E-state index in [1.807, 2.05) is 18.7 Å². The molecule has 2 N–H and O–H groups in total. The quantitative estimate of drug-likeness (QED) is 0.862. The number of carbonyl (C=O) groups excluding carboxylic acids is 1. The van der Waals surface area contributed by atoms with Crippen LogP contribution < -0.4 is 5.73 Å². The Morgan fingerprint density at radius 2 is 1.70 bits per heavy atom. The lowest BCUT2D eigenvalue weighted by Crippen LogP contribution is -2.54. The molecule has 2 aliphatic rings. The van der Waals surface area contributed by atoms with Crippen LogP contribution in [0.2, 0.25) is 0 Å². The number of nitrogens with two attached hydrogens (primary N) is 1. The van der Waals surface area contributed by atoms with Gasteiger partial charge in [0.05, 0.1) is 6.04 Å². The molecule has 0 radical (unpaired) electrons. The fourth-order valence-electron chi connectivity index (χ4n) is 3.06. The summed E-state index contributed by atoms with van der Waals surface area (Å²) < 4.78 is 0. The lowest BCUT2D eigenvalue weighted by atomic mass is 10.00. The van der Waals surface area contributed by atoms with Crippen molar-refractivity contribution in [2.24, 2.45) is 11.7 Å². The summed E-state index contributed by atoms with van der Waals surface area (Å²) in [6.45, 7) is 8.24. The number of rotatable bonds is 3. The van der Waals surface area contributed by atoms with Crippen LogP contribution in [0.15, 0.2) is 0 Å². The van der Waals surface area contributed by atoms with E-state index >= 15 is 0 Å². The first kappa shape index (κ1) is 20.0. The Morgan fingerprint density at radius 3 is 2.25 bits per heavy atom. The van der Waals surface area contributed by atoms with Gasteiger partial charge in [0, 0.05) is 19.1 Å². The smallest absolute Gasteiger partial charge is 0.239 e. The van der Waals surface area contributed by atoms with Crippen molar-refractivity contribution in [3.05, 3.63) is 0 Å². The number of nitrogens with zero attached hydrogens (tertiary/aromatic N) is 2. The zero-order valence-electron chi connectivity index (χ0n) is 12.6. The van der Waals surface area contributed by atoms with Gasteiger partial charge in [-0.15, -0.1) is 24.8 Å². The lowest BCUT2D eigenvalue weighted by Gasteiger charge is -2.38. The van der Waals surface area contributed by atoms with Crippen molar-refractivity contribution >= 4 is 30.7 Å². The van der Waals surface area contributed by atoms with Gasteiger partial charge in [0.25, 0.3) is 0 Å². The Balaban J connectivity index is 0.00000180. The Labute approximate surface area is 135 Å². The number of halogens is 2. The van der Waals surface area contributed by atoms with Crippen LogP contribution in [-0.4, -0.2) is 54.0 Å². The average Bonchev–Trinajstić information content (AvgIpc) is 2.91. The minimum Gasteiger partial charge on any atom is -0.340 e. The molecule has 0 aromatic heterocycles. The van der Waals surface area contributed by atoms with Crippen LogP contribution in [0, 0.1) is 5.92 Å². The minimum absolute atomic E-state index is 0. The van der Waals surface area contributed by atoms with Crippen molar-refractivity contribution in [1.29, 1.82) is 0 Å². The summed E-state index contributed by atoms with van der Waals surface area (Å²) in [4.78, 5) is 16.8. The number of hydrogen-bond donors (Lipinski definition) is 1. The van der Waals surface area contributed by atoms with Gasteiger partial charge in [-0.1, -0.05) is 13.8 Å². The zero-order chi connectivity index (χ0) is 13.1. The molecular formula is C14H29Cl2N3O. The largest absolute Gasteiger partial charge is 0.340 e. The van der Waals surface area contributed by atoms with Crippen LogP contribution in [0.1, 0.15) is 39.5 Å². The molecule has 6 heteroatoms. The molecule has 0 aliphatic carbocycles. The van der Waals surface area contributed by atoms with Crippen molar-refractivity contribution in [3.8, 4) is 0 Å². The molecule has 2 rings (SSSR count). The maximum atomic E-state index is 12.3. The van der Waals surface area contributed by atoms with E-state index < -0.39 is 0 Å². The summed E-state index contributed by atoms with van der Waals surface area (Å²) in [6, 6.07) is 0.242. The first-order valence-corrected chi connectivity index (χ1v) is 7.38. The molecule has 120 valence electrons. The number of carbonyl (C=O) groups is 1. The molecule has 0 aromatic carbocycles. The van der Waals surface area contributed by atoms with Gasteiger partial charge < -0.3 is 10.6 Å². The van der Waals surface area contributed by atoms with Gasteiger partial charge in [-0.2, -0.15) is 0 Å². The van der Waals surface area contributed by atoms with Crippen LogP contribution in [-0.2, 0) is 4.79 Å². The second kappa shape index (κ2) is 9.08. The van der Waals surface area contributed by atoms with Crippen LogP contribution in [0.3, 0.4) is 0 Å². The monoisotopic (exact) mass is 325 g/mol. The topological polar surface area (TPSA) is 49.6 Å². The van der Waals surface area contributed by atoms with E-state index in [4.69, 9.17) is 5.73 Å². The van der Waals surface area contributed by atoms with Gasteiger partial charge in [0.1, 0.15) is 0 Å². The van der Waals surface area contributed by atoms with Gasteiger partial charge in [0.2, 0.25) is 5.91 Å². The highest BCUT2D eigenvalue weighted by molar-refractivity contribution is 5.85. The molecule has 1 amide bonds. The number of likely N-dealkylation sites (tertiary alicyclic amines) is 2. The van der Waals surface area contributed by atoms with Crippen LogP contribution >= 0.6 is 24.8 Å². The summed E-state index contributed by atoms with van der Waals surface area (Å²) in [7, 11) is 0. The Kier molecular flexibility index (Phi) is 9.07. The second-order valence-corrected chi connectivity index (χ2v) is 6.09. The van der Waals surface area contributed by atoms with E-state index in [9.17, 15) is 4.79 Å². The normalized spacial score (nSPS) is 25.0. The SMILES string of the molecule is CC(C)[C@H](N)C(=O)N1CCCC(N2CCCC2)C1.Cl.Cl. The van der Waals surface area contributed by atoms with E-state index in [-0.39, 0.29) is 42.7 Å². The molecule has 4 nitrogen and oxygen atoms in total. The van der Waals surface area contributed by atoms with Gasteiger partial charge in [0.15, 0.2) is 0 Å². The molecule has 0 saturated carbocycles. The van der Waals surface area contributed by atoms with E-state index in [1.54, 1.807) is 0 Å². The maximum Gasteiger partial charge on any atom is 0.239 e. The predicted octanol–water partition coefficient (Wildman–Crippen LogP) is 1.90. The van der Waals surface area contributed by atoms with E-state index in [0.29, 0.717) is 6.04 Å².